The summed E-state index contributed by atoms with van der Waals surface area (Å²) in [5, 5.41) is 14.5. The molecule has 33 heavy (non-hydrogen) atoms. The third-order valence-corrected chi connectivity index (χ3v) is 6.87. The number of anilines is 1. The molecule has 2 aromatic carbocycles. The zero-order chi connectivity index (χ0) is 22.4. The topological polar surface area (TPSA) is 92.1 Å². The first-order valence-corrected chi connectivity index (χ1v) is 11.6. The molecule has 1 saturated heterocycles. The number of likely N-dealkylation sites (tertiary alicyclic amines) is 1. The quantitative estimate of drug-likeness (QED) is 0.635. The van der Waals surface area contributed by atoms with Gasteiger partial charge in [0.25, 0.3) is 0 Å². The molecule has 3 unspecified atom stereocenters. The van der Waals surface area contributed by atoms with Gasteiger partial charge in [-0.2, -0.15) is 0 Å². The summed E-state index contributed by atoms with van der Waals surface area (Å²) in [4.78, 5) is 27.2. The van der Waals surface area contributed by atoms with E-state index in [0.29, 0.717) is 24.6 Å². The van der Waals surface area contributed by atoms with Crippen LogP contribution in [-0.2, 0) is 17.8 Å². The number of amides is 3. The highest BCUT2D eigenvalue weighted by molar-refractivity contribution is 5.91. The number of carbonyl (C=O) groups is 2. The van der Waals surface area contributed by atoms with Crippen molar-refractivity contribution >= 4 is 17.6 Å². The number of hydrogen-bond acceptors (Lipinski definition) is 4. The number of aryl methyl sites for hydroxylation is 1. The molecule has 3 heterocycles. The highest BCUT2D eigenvalue weighted by atomic mass is 16.2. The lowest BCUT2D eigenvalue weighted by Gasteiger charge is -2.18. The Morgan fingerprint density at radius 1 is 1.06 bits per heavy atom. The summed E-state index contributed by atoms with van der Waals surface area (Å²) < 4.78 is 2.14. The number of nitrogens with one attached hydrogen (secondary N) is 2. The molecular formula is C25H26N6O2. The van der Waals surface area contributed by atoms with Gasteiger partial charge in [-0.25, -0.2) is 4.79 Å². The van der Waals surface area contributed by atoms with Crippen LogP contribution < -0.4 is 10.6 Å². The van der Waals surface area contributed by atoms with Gasteiger partial charge in [-0.15, -0.1) is 10.2 Å². The average Bonchev–Trinajstić information content (AvgIpc) is 3.10. The van der Waals surface area contributed by atoms with E-state index in [1.54, 1.807) is 0 Å². The predicted octanol–water partition coefficient (Wildman–Crippen LogP) is 3.17. The second-order valence-corrected chi connectivity index (χ2v) is 9.14. The van der Waals surface area contributed by atoms with Crippen LogP contribution in [0.15, 0.2) is 54.6 Å². The zero-order valence-electron chi connectivity index (χ0n) is 18.3. The highest BCUT2D eigenvalue weighted by Crippen LogP contribution is 2.45. The van der Waals surface area contributed by atoms with E-state index in [9.17, 15) is 9.59 Å². The summed E-state index contributed by atoms with van der Waals surface area (Å²) >= 11 is 0. The first kappa shape index (κ1) is 20.0. The first-order valence-electron chi connectivity index (χ1n) is 11.6. The molecular weight excluding hydrogens is 416 g/mol. The number of rotatable bonds is 5. The summed E-state index contributed by atoms with van der Waals surface area (Å²) in [7, 11) is 0. The van der Waals surface area contributed by atoms with E-state index in [1.807, 2.05) is 47.4 Å². The van der Waals surface area contributed by atoms with Crippen molar-refractivity contribution in [3.8, 4) is 11.4 Å². The molecule has 6 rings (SSSR count). The molecule has 3 atom stereocenters. The summed E-state index contributed by atoms with van der Waals surface area (Å²) in [6.07, 6.45) is 3.38. The molecule has 1 saturated carbocycles. The molecule has 3 aliphatic rings. The molecule has 3 aromatic rings. The number of benzene rings is 2. The number of nitrogens with zero attached hydrogens (tertiary/aromatic N) is 4. The van der Waals surface area contributed by atoms with E-state index in [1.165, 1.54) is 5.56 Å². The maximum Gasteiger partial charge on any atom is 0.319 e. The Morgan fingerprint density at radius 3 is 2.82 bits per heavy atom. The standard InChI is InChI=1S/C25H26N6O2/c32-23-13-19(15-31(23)21-14-20(21)16-6-2-1-3-7-16)27-25(33)26-18-9-4-8-17(12-18)24-29-28-22-10-5-11-30(22)24/h1-4,6-9,12,19-21H,5,10-11,13-15H2,(H2,26,27,33). The van der Waals surface area contributed by atoms with Crippen molar-refractivity contribution in [1.29, 1.82) is 0 Å². The molecule has 0 spiro atoms. The third kappa shape index (κ3) is 3.86. The lowest BCUT2D eigenvalue weighted by Crippen LogP contribution is -2.40. The fourth-order valence-electron chi connectivity index (χ4n) is 5.19. The fourth-order valence-corrected chi connectivity index (χ4v) is 5.19. The molecule has 3 amide bonds. The monoisotopic (exact) mass is 442 g/mol. The largest absolute Gasteiger partial charge is 0.337 e. The number of urea groups is 1. The smallest absolute Gasteiger partial charge is 0.319 e. The highest BCUT2D eigenvalue weighted by Gasteiger charge is 2.48. The molecule has 2 aliphatic heterocycles. The Bertz CT molecular complexity index is 1210. The molecule has 2 fully saturated rings. The van der Waals surface area contributed by atoms with Crippen molar-refractivity contribution in [1.82, 2.24) is 25.0 Å². The molecule has 1 aliphatic carbocycles. The van der Waals surface area contributed by atoms with Crippen LogP contribution in [0.2, 0.25) is 0 Å². The van der Waals surface area contributed by atoms with Gasteiger partial charge in [-0.3, -0.25) is 4.79 Å². The van der Waals surface area contributed by atoms with E-state index in [0.717, 1.165) is 43.0 Å². The molecule has 168 valence electrons. The van der Waals surface area contributed by atoms with Gasteiger partial charge in [0, 0.05) is 49.1 Å². The first-order chi connectivity index (χ1) is 16.2. The van der Waals surface area contributed by atoms with Gasteiger partial charge in [-0.1, -0.05) is 42.5 Å². The van der Waals surface area contributed by atoms with Crippen molar-refractivity contribution in [2.24, 2.45) is 0 Å². The van der Waals surface area contributed by atoms with Gasteiger partial charge in [0.1, 0.15) is 5.82 Å². The van der Waals surface area contributed by atoms with Gasteiger partial charge >= 0.3 is 6.03 Å². The van der Waals surface area contributed by atoms with E-state index in [4.69, 9.17) is 0 Å². The number of aromatic nitrogens is 3. The van der Waals surface area contributed by atoms with Gasteiger partial charge in [-0.05, 0) is 30.5 Å². The van der Waals surface area contributed by atoms with Crippen LogP contribution in [0.5, 0.6) is 0 Å². The van der Waals surface area contributed by atoms with Gasteiger partial charge in [0.2, 0.25) is 5.91 Å². The SMILES string of the molecule is O=C(Nc1cccc(-c2nnc3n2CCC3)c1)NC1CC(=O)N(C2CC2c2ccccc2)C1. The van der Waals surface area contributed by atoms with Crippen molar-refractivity contribution in [3.63, 3.8) is 0 Å². The van der Waals surface area contributed by atoms with Crippen LogP contribution in [0, 0.1) is 0 Å². The number of hydrogen-bond donors (Lipinski definition) is 2. The van der Waals surface area contributed by atoms with Crippen molar-refractivity contribution in [2.75, 3.05) is 11.9 Å². The van der Waals surface area contributed by atoms with Gasteiger partial charge in [0.15, 0.2) is 5.82 Å². The maximum absolute atomic E-state index is 12.7. The van der Waals surface area contributed by atoms with E-state index >= 15 is 0 Å². The summed E-state index contributed by atoms with van der Waals surface area (Å²) in [6.45, 7) is 1.49. The van der Waals surface area contributed by atoms with Crippen molar-refractivity contribution < 1.29 is 9.59 Å². The Labute approximate surface area is 192 Å². The summed E-state index contributed by atoms with van der Waals surface area (Å²) in [5.41, 5.74) is 2.90. The minimum atomic E-state index is -0.298. The van der Waals surface area contributed by atoms with E-state index < -0.39 is 0 Å². The van der Waals surface area contributed by atoms with Crippen LogP contribution in [-0.4, -0.2) is 50.2 Å². The Morgan fingerprint density at radius 2 is 1.94 bits per heavy atom. The fraction of sp³-hybridized carbons (Fsp3) is 0.360. The van der Waals surface area contributed by atoms with Crippen LogP contribution in [0.3, 0.4) is 0 Å². The van der Waals surface area contributed by atoms with Crippen LogP contribution >= 0.6 is 0 Å². The van der Waals surface area contributed by atoms with E-state index in [2.05, 4.69) is 37.5 Å². The van der Waals surface area contributed by atoms with Crippen molar-refractivity contribution in [3.05, 3.63) is 66.0 Å². The predicted molar refractivity (Wildman–Crippen MR) is 124 cm³/mol. The third-order valence-electron chi connectivity index (χ3n) is 6.87. The summed E-state index contributed by atoms with van der Waals surface area (Å²) in [5.74, 6) is 2.37. The molecule has 0 radical (unpaired) electrons. The number of carbonyl (C=O) groups excluding carboxylic acids is 2. The average molecular weight is 443 g/mol. The lowest BCUT2D eigenvalue weighted by molar-refractivity contribution is -0.128. The molecule has 2 N–H and O–H groups in total. The summed E-state index contributed by atoms with van der Waals surface area (Å²) in [6, 6.07) is 17.7. The van der Waals surface area contributed by atoms with Crippen LogP contribution in [0.4, 0.5) is 10.5 Å². The van der Waals surface area contributed by atoms with Crippen LogP contribution in [0.25, 0.3) is 11.4 Å². The van der Waals surface area contributed by atoms with E-state index in [-0.39, 0.29) is 24.0 Å². The minimum Gasteiger partial charge on any atom is -0.337 e. The van der Waals surface area contributed by atoms with Gasteiger partial charge < -0.3 is 20.1 Å². The Hall–Kier alpha value is -3.68. The molecule has 1 aromatic heterocycles. The normalized spacial score (nSPS) is 23.5. The van der Waals surface area contributed by atoms with Crippen molar-refractivity contribution in [2.45, 2.75) is 50.2 Å². The molecule has 8 nitrogen and oxygen atoms in total. The second kappa shape index (κ2) is 8.03. The lowest BCUT2D eigenvalue weighted by atomic mass is 10.1. The Kier molecular flexibility index (Phi) is 4.86. The maximum atomic E-state index is 12.7. The number of fused-ring (bicyclic) bond motifs is 1. The minimum absolute atomic E-state index is 0.117. The zero-order valence-corrected chi connectivity index (χ0v) is 18.3. The second-order valence-electron chi connectivity index (χ2n) is 9.14. The van der Waals surface area contributed by atoms with Gasteiger partial charge in [0.05, 0.1) is 6.04 Å². The molecule has 0 bridgehead atoms. The van der Waals surface area contributed by atoms with Crippen LogP contribution in [0.1, 0.15) is 36.6 Å². The molecule has 8 heteroatoms. The Balaban J connectivity index is 1.07.